The summed E-state index contributed by atoms with van der Waals surface area (Å²) in [4.78, 5) is 1.50. The second-order valence-corrected chi connectivity index (χ2v) is 3.63. The van der Waals surface area contributed by atoms with Crippen molar-refractivity contribution in [3.63, 3.8) is 0 Å². The van der Waals surface area contributed by atoms with Gasteiger partial charge in [-0.25, -0.2) is 4.39 Å². The first kappa shape index (κ1) is 13.0. The van der Waals surface area contributed by atoms with Crippen LogP contribution in [0.3, 0.4) is 0 Å². The van der Waals surface area contributed by atoms with Gasteiger partial charge in [0.15, 0.2) is 0 Å². The van der Waals surface area contributed by atoms with Crippen LogP contribution >= 0.6 is 0 Å². The number of nitriles is 2. The van der Waals surface area contributed by atoms with E-state index in [1.165, 1.54) is 17.0 Å². The Hall–Kier alpha value is -2.11. The monoisotopic (exact) mass is 232 g/mol. The van der Waals surface area contributed by atoms with Crippen molar-refractivity contribution in [3.05, 3.63) is 29.6 Å². The largest absolute Gasteiger partial charge is 0.345 e. The first-order valence-corrected chi connectivity index (χ1v) is 5.14. The summed E-state index contributed by atoms with van der Waals surface area (Å²) in [7, 11) is 0. The van der Waals surface area contributed by atoms with Crippen molar-refractivity contribution < 1.29 is 4.39 Å². The van der Waals surface area contributed by atoms with Gasteiger partial charge in [0.2, 0.25) is 0 Å². The van der Waals surface area contributed by atoms with Gasteiger partial charge in [-0.15, -0.1) is 0 Å². The summed E-state index contributed by atoms with van der Waals surface area (Å²) in [5, 5.41) is 17.4. The number of benzene rings is 1. The topological polar surface area (TPSA) is 76.8 Å². The second-order valence-electron chi connectivity index (χ2n) is 3.63. The van der Waals surface area contributed by atoms with Crippen molar-refractivity contribution in [2.45, 2.75) is 13.0 Å². The molecule has 1 unspecified atom stereocenters. The number of anilines is 1. The van der Waals surface area contributed by atoms with Gasteiger partial charge in [-0.05, 0) is 19.1 Å². The fourth-order valence-electron chi connectivity index (χ4n) is 1.65. The Morgan fingerprint density at radius 1 is 1.35 bits per heavy atom. The van der Waals surface area contributed by atoms with Crippen molar-refractivity contribution in [2.24, 2.45) is 5.73 Å². The van der Waals surface area contributed by atoms with Crippen LogP contribution in [-0.2, 0) is 0 Å². The standard InChI is InChI=1S/C12H13FN4/c1-9(16)12-10(13)3-2-4-11(12)17(7-5-14)8-6-15/h2-4,9H,7-8,16H2,1H3. The van der Waals surface area contributed by atoms with E-state index in [0.29, 0.717) is 11.3 Å². The normalized spacial score (nSPS) is 11.4. The van der Waals surface area contributed by atoms with E-state index in [4.69, 9.17) is 16.3 Å². The minimum absolute atomic E-state index is 0.0245. The molecule has 0 aliphatic heterocycles. The molecular formula is C12H13FN4. The molecule has 17 heavy (non-hydrogen) atoms. The first-order chi connectivity index (χ1) is 8.11. The third kappa shape index (κ3) is 2.93. The van der Waals surface area contributed by atoms with Crippen molar-refractivity contribution in [3.8, 4) is 12.1 Å². The lowest BCUT2D eigenvalue weighted by Gasteiger charge is -2.23. The van der Waals surface area contributed by atoms with E-state index in [1.54, 1.807) is 13.0 Å². The summed E-state index contributed by atoms with van der Waals surface area (Å²) in [5.41, 5.74) is 6.55. The highest BCUT2D eigenvalue weighted by atomic mass is 19.1. The van der Waals surface area contributed by atoms with Crippen LogP contribution in [0, 0.1) is 28.5 Å². The molecule has 5 heteroatoms. The predicted molar refractivity (Wildman–Crippen MR) is 62.4 cm³/mol. The number of hydrogen-bond donors (Lipinski definition) is 1. The van der Waals surface area contributed by atoms with Gasteiger partial charge in [0, 0.05) is 17.3 Å². The Bertz CT molecular complexity index is 454. The Morgan fingerprint density at radius 2 is 1.94 bits per heavy atom. The van der Waals surface area contributed by atoms with Crippen molar-refractivity contribution in [2.75, 3.05) is 18.0 Å². The average molecular weight is 232 g/mol. The number of nitrogens with zero attached hydrogens (tertiary/aromatic N) is 3. The van der Waals surface area contributed by atoms with E-state index in [1.807, 2.05) is 12.1 Å². The summed E-state index contributed by atoms with van der Waals surface area (Å²) in [5.74, 6) is -0.418. The zero-order chi connectivity index (χ0) is 12.8. The molecule has 2 N–H and O–H groups in total. The molecule has 1 aromatic rings. The van der Waals surface area contributed by atoms with Gasteiger partial charge in [-0.3, -0.25) is 0 Å². The maximum Gasteiger partial charge on any atom is 0.130 e. The SMILES string of the molecule is CC(N)c1c(F)cccc1N(CC#N)CC#N. The molecule has 0 aliphatic rings. The molecule has 0 spiro atoms. The van der Waals surface area contributed by atoms with E-state index < -0.39 is 11.9 Å². The second kappa shape index (κ2) is 5.83. The van der Waals surface area contributed by atoms with Crippen LogP contribution in [0.4, 0.5) is 10.1 Å². The Labute approximate surface area is 99.7 Å². The number of nitrogens with two attached hydrogens (primary N) is 1. The quantitative estimate of drug-likeness (QED) is 0.801. The van der Waals surface area contributed by atoms with Gasteiger partial charge < -0.3 is 10.6 Å². The lowest BCUT2D eigenvalue weighted by molar-refractivity contribution is 0.592. The van der Waals surface area contributed by atoms with Crippen LogP contribution in [0.25, 0.3) is 0 Å². The van der Waals surface area contributed by atoms with E-state index in [9.17, 15) is 4.39 Å². The molecule has 1 aromatic carbocycles. The van der Waals surface area contributed by atoms with Gasteiger partial charge in [0.25, 0.3) is 0 Å². The molecule has 0 heterocycles. The molecule has 1 rings (SSSR count). The summed E-state index contributed by atoms with van der Waals surface area (Å²) in [6.07, 6.45) is 0. The van der Waals surface area contributed by atoms with Crippen molar-refractivity contribution >= 4 is 5.69 Å². The zero-order valence-electron chi connectivity index (χ0n) is 9.52. The number of hydrogen-bond acceptors (Lipinski definition) is 4. The van der Waals surface area contributed by atoms with Crippen LogP contribution in [0.1, 0.15) is 18.5 Å². The summed E-state index contributed by atoms with van der Waals surface area (Å²) in [6, 6.07) is 7.92. The molecule has 0 radical (unpaired) electrons. The molecule has 1 atom stereocenters. The smallest absolute Gasteiger partial charge is 0.130 e. The van der Waals surface area contributed by atoms with Crippen molar-refractivity contribution in [1.82, 2.24) is 0 Å². The molecule has 88 valence electrons. The van der Waals surface area contributed by atoms with E-state index in [0.717, 1.165) is 0 Å². The molecule has 0 saturated carbocycles. The van der Waals surface area contributed by atoms with E-state index >= 15 is 0 Å². The maximum absolute atomic E-state index is 13.7. The lowest BCUT2D eigenvalue weighted by Crippen LogP contribution is -2.26. The van der Waals surface area contributed by atoms with Gasteiger partial charge in [0.05, 0.1) is 12.1 Å². The van der Waals surface area contributed by atoms with Crippen LogP contribution < -0.4 is 10.6 Å². The average Bonchev–Trinajstić information content (AvgIpc) is 2.28. The molecule has 0 aromatic heterocycles. The van der Waals surface area contributed by atoms with Crippen LogP contribution in [0.2, 0.25) is 0 Å². The van der Waals surface area contributed by atoms with Gasteiger partial charge in [-0.1, -0.05) is 6.07 Å². The van der Waals surface area contributed by atoms with Crippen molar-refractivity contribution in [1.29, 1.82) is 10.5 Å². The highest BCUT2D eigenvalue weighted by Crippen LogP contribution is 2.27. The molecule has 0 bridgehead atoms. The van der Waals surface area contributed by atoms with Crippen LogP contribution in [0.5, 0.6) is 0 Å². The van der Waals surface area contributed by atoms with Crippen LogP contribution in [-0.4, -0.2) is 13.1 Å². The Morgan fingerprint density at radius 3 is 2.41 bits per heavy atom. The highest BCUT2D eigenvalue weighted by molar-refractivity contribution is 5.56. The van der Waals surface area contributed by atoms with E-state index in [-0.39, 0.29) is 13.1 Å². The summed E-state index contributed by atoms with van der Waals surface area (Å²) >= 11 is 0. The van der Waals surface area contributed by atoms with Gasteiger partial charge >= 0.3 is 0 Å². The lowest BCUT2D eigenvalue weighted by atomic mass is 10.0. The highest BCUT2D eigenvalue weighted by Gasteiger charge is 2.17. The summed E-state index contributed by atoms with van der Waals surface area (Å²) < 4.78 is 13.7. The molecule has 0 saturated heterocycles. The van der Waals surface area contributed by atoms with Gasteiger partial charge in [-0.2, -0.15) is 10.5 Å². The third-order valence-electron chi connectivity index (χ3n) is 2.35. The Kier molecular flexibility index (Phi) is 4.45. The number of rotatable bonds is 4. The van der Waals surface area contributed by atoms with Crippen LogP contribution in [0.15, 0.2) is 18.2 Å². The zero-order valence-corrected chi connectivity index (χ0v) is 9.52. The molecule has 0 aliphatic carbocycles. The summed E-state index contributed by atoms with van der Waals surface area (Å²) in [6.45, 7) is 1.71. The third-order valence-corrected chi connectivity index (χ3v) is 2.35. The molecule has 0 amide bonds. The van der Waals surface area contributed by atoms with Gasteiger partial charge in [0.1, 0.15) is 18.9 Å². The number of halogens is 1. The first-order valence-electron chi connectivity index (χ1n) is 5.14. The predicted octanol–water partition coefficient (Wildman–Crippen LogP) is 1.70. The molecule has 0 fully saturated rings. The maximum atomic E-state index is 13.7. The fraction of sp³-hybridized carbons (Fsp3) is 0.333. The van der Waals surface area contributed by atoms with E-state index in [2.05, 4.69) is 0 Å². The molecular weight excluding hydrogens is 219 g/mol. The Balaban J connectivity index is 3.24. The minimum atomic E-state index is -0.494. The fourth-order valence-corrected chi connectivity index (χ4v) is 1.65. The minimum Gasteiger partial charge on any atom is -0.345 e. The molecule has 4 nitrogen and oxygen atoms in total.